The van der Waals surface area contributed by atoms with Gasteiger partial charge in [-0.05, 0) is 47.5 Å². The molecule has 0 spiro atoms. The van der Waals surface area contributed by atoms with Crippen molar-refractivity contribution >= 4 is 47.1 Å². The number of ketones is 1. The predicted molar refractivity (Wildman–Crippen MR) is 96.9 cm³/mol. The molecule has 0 aliphatic carbocycles. The van der Waals surface area contributed by atoms with Crippen LogP contribution in [-0.4, -0.2) is 18.4 Å². The van der Waals surface area contributed by atoms with Gasteiger partial charge in [0.15, 0.2) is 12.4 Å². The third kappa shape index (κ3) is 6.41. The maximum absolute atomic E-state index is 11.7. The molecule has 2 aromatic carbocycles. The van der Waals surface area contributed by atoms with E-state index in [0.717, 1.165) is 11.1 Å². The van der Waals surface area contributed by atoms with E-state index in [-0.39, 0.29) is 12.4 Å². The second kappa shape index (κ2) is 9.06. The quantitative estimate of drug-likeness (QED) is 0.547. The molecule has 0 aliphatic heterocycles. The number of carbonyl (C=O) groups is 2. The Bertz CT molecular complexity index is 693. The number of benzene rings is 2. The highest BCUT2D eigenvalue weighted by Gasteiger charge is 2.02. The molecule has 0 saturated heterocycles. The number of rotatable bonds is 6. The topological polar surface area (TPSA) is 43.4 Å². The van der Waals surface area contributed by atoms with Gasteiger partial charge in [0, 0.05) is 16.1 Å². The zero-order valence-corrected chi connectivity index (χ0v) is 14.1. The summed E-state index contributed by atoms with van der Waals surface area (Å²) in [6.07, 6.45) is 5.85. The van der Waals surface area contributed by atoms with E-state index in [0.29, 0.717) is 10.0 Å². The molecule has 2 rings (SSSR count). The van der Waals surface area contributed by atoms with E-state index in [1.807, 2.05) is 0 Å². The normalized spacial score (nSPS) is 11.1. The fourth-order valence-corrected chi connectivity index (χ4v) is 1.99. The summed E-state index contributed by atoms with van der Waals surface area (Å²) < 4.78 is 4.88. The summed E-state index contributed by atoms with van der Waals surface area (Å²) in [7, 11) is 0. The molecule has 0 saturated carbocycles. The van der Waals surface area contributed by atoms with E-state index in [1.165, 1.54) is 12.2 Å². The first-order chi connectivity index (χ1) is 11.5. The summed E-state index contributed by atoms with van der Waals surface area (Å²) in [5, 5.41) is 1.24. The monoisotopic (exact) mass is 360 g/mol. The number of esters is 1. The second-order valence-electron chi connectivity index (χ2n) is 4.84. The number of ether oxygens (including phenoxy) is 1. The van der Waals surface area contributed by atoms with E-state index in [2.05, 4.69) is 0 Å². The zero-order chi connectivity index (χ0) is 17.4. The van der Waals surface area contributed by atoms with Crippen LogP contribution in [0.1, 0.15) is 11.1 Å². The third-order valence-corrected chi connectivity index (χ3v) is 3.47. The van der Waals surface area contributed by atoms with Crippen LogP contribution in [0.4, 0.5) is 0 Å². The van der Waals surface area contributed by atoms with Crippen LogP contribution in [0.3, 0.4) is 0 Å². The lowest BCUT2D eigenvalue weighted by Gasteiger charge is -1.98. The maximum Gasteiger partial charge on any atom is 0.331 e. The largest absolute Gasteiger partial charge is 0.454 e. The summed E-state index contributed by atoms with van der Waals surface area (Å²) in [6.45, 7) is -0.312. The van der Waals surface area contributed by atoms with Crippen molar-refractivity contribution in [2.24, 2.45) is 0 Å². The van der Waals surface area contributed by atoms with Crippen LogP contribution in [-0.2, 0) is 14.3 Å². The molecule has 0 unspecified atom stereocenters. The number of hydrogen-bond donors (Lipinski definition) is 0. The molecule has 0 heterocycles. The smallest absolute Gasteiger partial charge is 0.331 e. The van der Waals surface area contributed by atoms with Gasteiger partial charge in [-0.3, -0.25) is 4.79 Å². The van der Waals surface area contributed by atoms with Crippen LogP contribution < -0.4 is 0 Å². The van der Waals surface area contributed by atoms with Gasteiger partial charge in [-0.15, -0.1) is 0 Å². The van der Waals surface area contributed by atoms with Crippen molar-refractivity contribution in [2.45, 2.75) is 0 Å². The van der Waals surface area contributed by atoms with E-state index in [4.69, 9.17) is 27.9 Å². The van der Waals surface area contributed by atoms with Crippen LogP contribution in [0.15, 0.2) is 60.7 Å². The lowest BCUT2D eigenvalue weighted by Crippen LogP contribution is -2.09. The van der Waals surface area contributed by atoms with Crippen LogP contribution in [0, 0.1) is 0 Å². The number of halogens is 2. The van der Waals surface area contributed by atoms with Gasteiger partial charge < -0.3 is 4.74 Å². The SMILES string of the molecule is O=C(/C=C/c1ccc(Cl)cc1)COC(=O)/C=C/c1ccc(Cl)cc1. The van der Waals surface area contributed by atoms with Crippen LogP contribution in [0.25, 0.3) is 12.2 Å². The Labute approximate surface area is 150 Å². The van der Waals surface area contributed by atoms with E-state index in [1.54, 1.807) is 60.7 Å². The van der Waals surface area contributed by atoms with Gasteiger partial charge in [-0.25, -0.2) is 4.79 Å². The highest BCUT2D eigenvalue weighted by molar-refractivity contribution is 6.30. The van der Waals surface area contributed by atoms with Gasteiger partial charge in [-0.1, -0.05) is 53.5 Å². The highest BCUT2D eigenvalue weighted by Crippen LogP contribution is 2.11. The van der Waals surface area contributed by atoms with Gasteiger partial charge >= 0.3 is 5.97 Å². The standard InChI is InChI=1S/C19H14Cl2O3/c20-16-7-1-14(2-8-16)5-11-18(22)13-24-19(23)12-6-15-3-9-17(21)10-4-15/h1-12H,13H2/b11-5+,12-6+. The van der Waals surface area contributed by atoms with Crippen molar-refractivity contribution in [3.05, 3.63) is 81.9 Å². The summed E-state index contributed by atoms with van der Waals surface area (Å²) in [6, 6.07) is 14.0. The van der Waals surface area contributed by atoms with Gasteiger partial charge in [0.25, 0.3) is 0 Å². The first-order valence-electron chi connectivity index (χ1n) is 7.10. The van der Waals surface area contributed by atoms with Crippen LogP contribution in [0.2, 0.25) is 10.0 Å². The molecule has 3 nitrogen and oxygen atoms in total. The van der Waals surface area contributed by atoms with E-state index in [9.17, 15) is 9.59 Å². The van der Waals surface area contributed by atoms with Gasteiger partial charge in [0.2, 0.25) is 0 Å². The Kier molecular flexibility index (Phi) is 6.79. The Hall–Kier alpha value is -2.36. The Morgan fingerprint density at radius 2 is 1.25 bits per heavy atom. The fraction of sp³-hybridized carbons (Fsp3) is 0.0526. The highest BCUT2D eigenvalue weighted by atomic mass is 35.5. The molecular weight excluding hydrogens is 347 g/mol. The first-order valence-corrected chi connectivity index (χ1v) is 7.85. The van der Waals surface area contributed by atoms with Gasteiger partial charge in [0.05, 0.1) is 0 Å². The fourth-order valence-electron chi connectivity index (χ4n) is 1.74. The summed E-state index contributed by atoms with van der Waals surface area (Å²) >= 11 is 11.6. The Morgan fingerprint density at radius 3 is 1.75 bits per heavy atom. The van der Waals surface area contributed by atoms with Crippen molar-refractivity contribution in [2.75, 3.05) is 6.61 Å². The Morgan fingerprint density at radius 1 is 0.792 bits per heavy atom. The minimum atomic E-state index is -0.585. The summed E-state index contributed by atoms with van der Waals surface area (Å²) in [4.78, 5) is 23.2. The lowest BCUT2D eigenvalue weighted by atomic mass is 10.2. The van der Waals surface area contributed by atoms with Gasteiger partial charge in [-0.2, -0.15) is 0 Å². The number of hydrogen-bond acceptors (Lipinski definition) is 3. The van der Waals surface area contributed by atoms with Crippen LogP contribution in [0.5, 0.6) is 0 Å². The van der Waals surface area contributed by atoms with Crippen molar-refractivity contribution in [1.29, 1.82) is 0 Å². The molecule has 0 aliphatic rings. The molecule has 5 heteroatoms. The lowest BCUT2D eigenvalue weighted by molar-refractivity contribution is -0.141. The summed E-state index contributed by atoms with van der Waals surface area (Å²) in [5.74, 6) is -0.892. The average Bonchev–Trinajstić information content (AvgIpc) is 2.59. The minimum absolute atomic E-state index is 0.307. The minimum Gasteiger partial charge on any atom is -0.454 e. The van der Waals surface area contributed by atoms with Crippen molar-refractivity contribution in [1.82, 2.24) is 0 Å². The Balaban J connectivity index is 1.79. The average molecular weight is 361 g/mol. The molecule has 0 radical (unpaired) electrons. The summed E-state index contributed by atoms with van der Waals surface area (Å²) in [5.41, 5.74) is 1.65. The molecule has 2 aromatic rings. The molecule has 0 amide bonds. The zero-order valence-electron chi connectivity index (χ0n) is 12.6. The van der Waals surface area contributed by atoms with Crippen LogP contribution >= 0.6 is 23.2 Å². The molecule has 0 atom stereocenters. The number of carbonyl (C=O) groups excluding carboxylic acids is 2. The van der Waals surface area contributed by atoms with Crippen molar-refractivity contribution in [3.8, 4) is 0 Å². The first kappa shape index (κ1) is 18.0. The van der Waals surface area contributed by atoms with E-state index >= 15 is 0 Å². The van der Waals surface area contributed by atoms with Gasteiger partial charge in [0.1, 0.15) is 0 Å². The maximum atomic E-state index is 11.7. The molecule has 0 N–H and O–H groups in total. The second-order valence-corrected chi connectivity index (χ2v) is 5.72. The van der Waals surface area contributed by atoms with Crippen molar-refractivity contribution in [3.63, 3.8) is 0 Å². The molecule has 0 aromatic heterocycles. The molecular formula is C19H14Cl2O3. The predicted octanol–water partition coefficient (Wildman–Crippen LogP) is 4.83. The molecule has 24 heavy (non-hydrogen) atoms. The van der Waals surface area contributed by atoms with Crippen molar-refractivity contribution < 1.29 is 14.3 Å². The molecule has 122 valence electrons. The molecule has 0 bridgehead atoms. The van der Waals surface area contributed by atoms with E-state index < -0.39 is 5.97 Å². The third-order valence-electron chi connectivity index (χ3n) is 2.97. The molecule has 0 fully saturated rings.